The second kappa shape index (κ2) is 7.50. The zero-order valence-corrected chi connectivity index (χ0v) is 10.9. The van der Waals surface area contributed by atoms with E-state index in [9.17, 15) is 9.59 Å². The summed E-state index contributed by atoms with van der Waals surface area (Å²) < 4.78 is 5.07. The van der Waals surface area contributed by atoms with Crippen LogP contribution in [0.3, 0.4) is 0 Å². The fourth-order valence-corrected chi connectivity index (χ4v) is 1.53. The van der Waals surface area contributed by atoms with Crippen LogP contribution in [0.2, 0.25) is 0 Å². The summed E-state index contributed by atoms with van der Waals surface area (Å²) in [5.74, 6) is -1.70. The highest BCUT2D eigenvalue weighted by Gasteiger charge is 2.31. The molecule has 1 N–H and O–H groups in total. The fraction of sp³-hybridized carbons (Fsp3) is 0.385. The van der Waals surface area contributed by atoms with Gasteiger partial charge in [-0.25, -0.2) is 9.86 Å². The lowest BCUT2D eigenvalue weighted by Gasteiger charge is -2.26. The molecule has 6 nitrogen and oxygen atoms in total. The van der Waals surface area contributed by atoms with Gasteiger partial charge in [0.05, 0.1) is 13.7 Å². The van der Waals surface area contributed by atoms with E-state index in [1.54, 1.807) is 37.3 Å². The molecular weight excluding hydrogens is 250 g/mol. The number of carboxylic acid groups (broad SMARTS) is 1. The van der Waals surface area contributed by atoms with Gasteiger partial charge >= 0.3 is 5.97 Å². The van der Waals surface area contributed by atoms with Crippen LogP contribution in [0, 0.1) is 0 Å². The molecule has 0 heterocycles. The number of nitrogens with zero attached hydrogens (tertiary/aromatic N) is 1. The van der Waals surface area contributed by atoms with Crippen LogP contribution in [0.4, 0.5) is 0 Å². The minimum atomic E-state index is -1.18. The molecule has 0 aromatic heterocycles. The van der Waals surface area contributed by atoms with Crippen molar-refractivity contribution in [2.45, 2.75) is 13.0 Å². The molecule has 104 valence electrons. The highest BCUT2D eigenvalue weighted by atomic mass is 16.7. The van der Waals surface area contributed by atoms with Crippen molar-refractivity contribution in [1.82, 2.24) is 5.06 Å². The smallest absolute Gasteiger partial charge is 0.331 e. The van der Waals surface area contributed by atoms with Crippen LogP contribution in [-0.4, -0.2) is 48.4 Å². The molecule has 1 unspecified atom stereocenters. The summed E-state index contributed by atoms with van der Waals surface area (Å²) in [4.78, 5) is 28.3. The first kappa shape index (κ1) is 15.1. The van der Waals surface area contributed by atoms with Gasteiger partial charge in [0, 0.05) is 12.2 Å². The third-order valence-corrected chi connectivity index (χ3v) is 2.47. The molecule has 1 aromatic rings. The highest BCUT2D eigenvalue weighted by Crippen LogP contribution is 2.10. The summed E-state index contributed by atoms with van der Waals surface area (Å²) in [7, 11) is 1.25. The lowest BCUT2D eigenvalue weighted by molar-refractivity contribution is -0.172. The van der Waals surface area contributed by atoms with Crippen LogP contribution in [0.15, 0.2) is 30.3 Å². The van der Waals surface area contributed by atoms with Crippen molar-refractivity contribution in [3.05, 3.63) is 35.9 Å². The molecule has 0 aliphatic rings. The molecule has 0 bridgehead atoms. The van der Waals surface area contributed by atoms with E-state index < -0.39 is 17.9 Å². The first-order chi connectivity index (χ1) is 9.11. The molecular formula is C13H17NO5. The molecule has 0 saturated carbocycles. The van der Waals surface area contributed by atoms with Crippen LogP contribution in [0.5, 0.6) is 0 Å². The lowest BCUT2D eigenvalue weighted by atomic mass is 10.2. The lowest BCUT2D eigenvalue weighted by Crippen LogP contribution is -2.47. The van der Waals surface area contributed by atoms with E-state index in [1.165, 1.54) is 7.11 Å². The van der Waals surface area contributed by atoms with Crippen molar-refractivity contribution in [2.75, 3.05) is 20.3 Å². The summed E-state index contributed by atoms with van der Waals surface area (Å²) in [6.45, 7) is 1.98. The van der Waals surface area contributed by atoms with Gasteiger partial charge in [0.25, 0.3) is 5.91 Å². The molecule has 0 radical (unpaired) electrons. The SMILES string of the molecule is CCOCC(C(=O)O)N(OC)C(=O)c1ccccc1. The second-order valence-corrected chi connectivity index (χ2v) is 3.69. The maximum Gasteiger partial charge on any atom is 0.331 e. The van der Waals surface area contributed by atoms with Gasteiger partial charge in [0.2, 0.25) is 0 Å². The van der Waals surface area contributed by atoms with Gasteiger partial charge in [-0.15, -0.1) is 0 Å². The van der Waals surface area contributed by atoms with Crippen molar-refractivity contribution >= 4 is 11.9 Å². The van der Waals surface area contributed by atoms with E-state index >= 15 is 0 Å². The Morgan fingerprint density at radius 2 is 1.95 bits per heavy atom. The Morgan fingerprint density at radius 3 is 2.42 bits per heavy atom. The largest absolute Gasteiger partial charge is 0.480 e. The zero-order chi connectivity index (χ0) is 14.3. The zero-order valence-electron chi connectivity index (χ0n) is 10.9. The van der Waals surface area contributed by atoms with Crippen LogP contribution in [0.25, 0.3) is 0 Å². The van der Waals surface area contributed by atoms with E-state index in [-0.39, 0.29) is 6.61 Å². The summed E-state index contributed by atoms with van der Waals surface area (Å²) >= 11 is 0. The predicted molar refractivity (Wildman–Crippen MR) is 67.5 cm³/mol. The molecule has 0 fully saturated rings. The predicted octanol–water partition coefficient (Wildman–Crippen LogP) is 1.18. The number of ether oxygens (including phenoxy) is 1. The Hall–Kier alpha value is -1.92. The van der Waals surface area contributed by atoms with Crippen LogP contribution >= 0.6 is 0 Å². The van der Waals surface area contributed by atoms with E-state index in [0.717, 1.165) is 5.06 Å². The number of carboxylic acids is 1. The van der Waals surface area contributed by atoms with Crippen LogP contribution in [0.1, 0.15) is 17.3 Å². The average Bonchev–Trinajstić information content (AvgIpc) is 2.43. The van der Waals surface area contributed by atoms with Gasteiger partial charge in [-0.3, -0.25) is 9.63 Å². The maximum absolute atomic E-state index is 12.2. The number of hydrogen-bond acceptors (Lipinski definition) is 4. The standard InChI is InChI=1S/C13H17NO5/c1-3-19-9-11(13(16)17)14(18-2)12(15)10-7-5-4-6-8-10/h4-8,11H,3,9H2,1-2H3,(H,16,17). The average molecular weight is 267 g/mol. The minimum absolute atomic E-state index is 0.127. The van der Waals surface area contributed by atoms with Crippen LogP contribution < -0.4 is 0 Å². The summed E-state index contributed by atoms with van der Waals surface area (Å²) in [6.07, 6.45) is 0. The molecule has 1 amide bonds. The number of amides is 1. The number of rotatable bonds is 7. The first-order valence-electron chi connectivity index (χ1n) is 5.85. The Balaban J connectivity index is 2.90. The summed E-state index contributed by atoms with van der Waals surface area (Å²) in [6, 6.07) is 7.15. The van der Waals surface area contributed by atoms with Gasteiger partial charge < -0.3 is 9.84 Å². The molecule has 1 aromatic carbocycles. The number of hydrogen-bond donors (Lipinski definition) is 1. The fourth-order valence-electron chi connectivity index (χ4n) is 1.53. The third kappa shape index (κ3) is 4.04. The number of benzene rings is 1. The third-order valence-electron chi connectivity index (χ3n) is 2.47. The molecule has 0 spiro atoms. The van der Waals surface area contributed by atoms with Gasteiger partial charge in [-0.2, -0.15) is 0 Å². The first-order valence-corrected chi connectivity index (χ1v) is 5.85. The van der Waals surface area contributed by atoms with Crippen molar-refractivity contribution in [2.24, 2.45) is 0 Å². The maximum atomic E-state index is 12.2. The van der Waals surface area contributed by atoms with Crippen LogP contribution in [-0.2, 0) is 14.4 Å². The van der Waals surface area contributed by atoms with Crippen molar-refractivity contribution in [3.63, 3.8) is 0 Å². The van der Waals surface area contributed by atoms with E-state index in [0.29, 0.717) is 12.2 Å². The number of aliphatic carboxylic acids is 1. The summed E-state index contributed by atoms with van der Waals surface area (Å²) in [5, 5.41) is 9.96. The molecule has 0 aliphatic heterocycles. The Kier molecular flexibility index (Phi) is 5.98. The Bertz CT molecular complexity index is 420. The van der Waals surface area contributed by atoms with Gasteiger partial charge in [-0.1, -0.05) is 18.2 Å². The van der Waals surface area contributed by atoms with E-state index in [4.69, 9.17) is 14.7 Å². The molecule has 19 heavy (non-hydrogen) atoms. The molecule has 1 atom stereocenters. The Labute approximate surface area is 111 Å². The van der Waals surface area contributed by atoms with Gasteiger partial charge in [0.15, 0.2) is 6.04 Å². The van der Waals surface area contributed by atoms with E-state index in [2.05, 4.69) is 0 Å². The molecule has 0 aliphatic carbocycles. The van der Waals surface area contributed by atoms with Gasteiger partial charge in [0.1, 0.15) is 0 Å². The topological polar surface area (TPSA) is 76.1 Å². The molecule has 0 saturated heterocycles. The van der Waals surface area contributed by atoms with Crippen molar-refractivity contribution in [3.8, 4) is 0 Å². The van der Waals surface area contributed by atoms with Crippen molar-refractivity contribution in [1.29, 1.82) is 0 Å². The highest BCUT2D eigenvalue weighted by molar-refractivity contribution is 5.95. The summed E-state index contributed by atoms with van der Waals surface area (Å²) in [5.41, 5.74) is 0.354. The number of carbonyl (C=O) groups is 2. The number of carbonyl (C=O) groups excluding carboxylic acids is 1. The minimum Gasteiger partial charge on any atom is -0.480 e. The quantitative estimate of drug-likeness (QED) is 0.751. The monoisotopic (exact) mass is 267 g/mol. The Morgan fingerprint density at radius 1 is 1.32 bits per heavy atom. The second-order valence-electron chi connectivity index (χ2n) is 3.69. The normalized spacial score (nSPS) is 11.9. The molecule has 6 heteroatoms. The van der Waals surface area contributed by atoms with Crippen molar-refractivity contribution < 1.29 is 24.3 Å². The van der Waals surface area contributed by atoms with E-state index in [1.807, 2.05) is 0 Å². The van der Waals surface area contributed by atoms with Gasteiger partial charge in [-0.05, 0) is 19.1 Å². The number of hydroxylamine groups is 2. The molecule has 1 rings (SSSR count).